The number of anilines is 1. The molecule has 11 heteroatoms. The van der Waals surface area contributed by atoms with E-state index in [0.29, 0.717) is 0 Å². The highest BCUT2D eigenvalue weighted by molar-refractivity contribution is 5.73. The monoisotopic (exact) mass is 432 g/mol. The minimum Gasteiger partial charge on any atom is -0.462 e. The van der Waals surface area contributed by atoms with Crippen LogP contribution in [0.5, 0.6) is 0 Å². The second-order valence-corrected chi connectivity index (χ2v) is 7.51. The van der Waals surface area contributed by atoms with Gasteiger partial charge in [-0.3, -0.25) is 0 Å². The first kappa shape index (κ1) is 21.8. The summed E-state index contributed by atoms with van der Waals surface area (Å²) in [6.45, 7) is 4.90. The molecule has 0 bridgehead atoms. The number of aryl methyl sites for hydroxylation is 1. The van der Waals surface area contributed by atoms with E-state index in [2.05, 4.69) is 15.3 Å². The number of benzene rings is 1. The third-order valence-corrected chi connectivity index (χ3v) is 5.14. The highest BCUT2D eigenvalue weighted by atomic mass is 19.4. The number of nitrogens with zero attached hydrogens (tertiary/aromatic N) is 2. The van der Waals surface area contributed by atoms with E-state index in [1.165, 1.54) is 39.8 Å². The molecule has 164 valence electrons. The fourth-order valence-electron chi connectivity index (χ4n) is 3.31. The smallest absolute Gasteiger partial charge is 0.451 e. The Morgan fingerprint density at radius 2 is 1.93 bits per heavy atom. The van der Waals surface area contributed by atoms with Crippen LogP contribution >= 0.6 is 0 Å². The van der Waals surface area contributed by atoms with Gasteiger partial charge >= 0.3 is 6.18 Å². The first-order valence-corrected chi connectivity index (χ1v) is 9.03. The number of hydrogen-bond donors (Lipinski definition) is 2. The normalized spacial score (nSPS) is 25.4. The molecule has 0 saturated carbocycles. The Morgan fingerprint density at radius 1 is 1.27 bits per heavy atom. The Hall–Kier alpha value is -2.85. The van der Waals surface area contributed by atoms with E-state index in [9.17, 15) is 17.6 Å². The van der Waals surface area contributed by atoms with Crippen molar-refractivity contribution in [1.29, 1.82) is 0 Å². The van der Waals surface area contributed by atoms with E-state index < -0.39 is 41.6 Å². The third kappa shape index (κ3) is 3.80. The number of hydrogen-bond acceptors (Lipinski definition) is 6. The summed E-state index contributed by atoms with van der Waals surface area (Å²) in [4.78, 5) is 7.79. The van der Waals surface area contributed by atoms with Gasteiger partial charge in [-0.05, 0) is 39.0 Å². The average molecular weight is 432 g/mol. The minimum absolute atomic E-state index is 0.122. The second-order valence-electron chi connectivity index (χ2n) is 7.51. The Morgan fingerprint density at radius 3 is 2.57 bits per heavy atom. The van der Waals surface area contributed by atoms with Crippen LogP contribution in [0.25, 0.3) is 0 Å². The molecule has 3 rings (SSSR count). The number of aliphatic imine (C=N–C) groups is 1. The van der Waals surface area contributed by atoms with Crippen molar-refractivity contribution in [3.8, 4) is 0 Å². The summed E-state index contributed by atoms with van der Waals surface area (Å²) in [6.07, 6.45) is -4.72. The van der Waals surface area contributed by atoms with Crippen molar-refractivity contribution in [2.75, 3.05) is 11.9 Å². The van der Waals surface area contributed by atoms with Crippen molar-refractivity contribution in [3.05, 3.63) is 46.9 Å². The van der Waals surface area contributed by atoms with Crippen molar-refractivity contribution in [3.63, 3.8) is 0 Å². The number of nitrogens with one attached hydrogen (secondary N) is 1. The van der Waals surface area contributed by atoms with E-state index in [4.69, 9.17) is 14.9 Å². The summed E-state index contributed by atoms with van der Waals surface area (Å²) in [7, 11) is 0. The largest absolute Gasteiger partial charge is 0.462 e. The molecule has 1 aromatic carbocycles. The molecule has 0 radical (unpaired) electrons. The van der Waals surface area contributed by atoms with Crippen molar-refractivity contribution < 1.29 is 31.1 Å². The molecular formula is C19H21F5N4O2. The molecule has 30 heavy (non-hydrogen) atoms. The molecule has 1 aromatic heterocycles. The van der Waals surface area contributed by atoms with Gasteiger partial charge in [-0.1, -0.05) is 0 Å². The Bertz CT molecular complexity index is 986. The van der Waals surface area contributed by atoms with Gasteiger partial charge in [0, 0.05) is 18.2 Å². The second kappa shape index (κ2) is 7.13. The molecule has 0 saturated heterocycles. The fourth-order valence-corrected chi connectivity index (χ4v) is 3.31. The van der Waals surface area contributed by atoms with E-state index in [0.717, 1.165) is 6.07 Å². The summed E-state index contributed by atoms with van der Waals surface area (Å²) in [6, 6.07) is 2.45. The summed E-state index contributed by atoms with van der Waals surface area (Å²) in [5.41, 5.74) is 1.55. The third-order valence-electron chi connectivity index (χ3n) is 5.14. The first-order chi connectivity index (χ1) is 13.7. The molecule has 0 fully saturated rings. The molecule has 1 aliphatic rings. The van der Waals surface area contributed by atoms with Gasteiger partial charge < -0.3 is 20.2 Å². The van der Waals surface area contributed by atoms with Crippen LogP contribution < -0.4 is 11.1 Å². The number of ether oxygens (including phenoxy) is 1. The number of amidine groups is 1. The predicted octanol–water partition coefficient (Wildman–Crippen LogP) is 4.60. The van der Waals surface area contributed by atoms with Crippen molar-refractivity contribution >= 4 is 11.7 Å². The molecule has 2 heterocycles. The molecule has 0 unspecified atom stereocenters. The number of oxazole rings is 1. The molecule has 0 aliphatic carbocycles. The minimum atomic E-state index is -4.72. The van der Waals surface area contributed by atoms with Gasteiger partial charge in [0.15, 0.2) is 11.6 Å². The molecule has 0 spiro atoms. The molecular weight excluding hydrogens is 411 g/mol. The molecule has 2 aromatic rings. The van der Waals surface area contributed by atoms with Gasteiger partial charge in [-0.15, -0.1) is 0 Å². The van der Waals surface area contributed by atoms with Gasteiger partial charge in [-0.2, -0.15) is 13.2 Å². The van der Waals surface area contributed by atoms with E-state index in [1.807, 2.05) is 0 Å². The van der Waals surface area contributed by atoms with E-state index >= 15 is 4.39 Å². The molecule has 3 N–H and O–H groups in total. The van der Waals surface area contributed by atoms with Crippen molar-refractivity contribution in [2.45, 2.75) is 51.1 Å². The van der Waals surface area contributed by atoms with Crippen molar-refractivity contribution in [2.24, 2.45) is 10.7 Å². The lowest BCUT2D eigenvalue weighted by atomic mass is 9.78. The predicted molar refractivity (Wildman–Crippen MR) is 99.1 cm³/mol. The lowest BCUT2D eigenvalue weighted by Crippen LogP contribution is -2.52. The van der Waals surface area contributed by atoms with Crippen LogP contribution in [-0.4, -0.2) is 23.3 Å². The maximum atomic E-state index is 15.2. The number of nitrogens with two attached hydrogens (primary N) is 1. The summed E-state index contributed by atoms with van der Waals surface area (Å²) >= 11 is 0. The van der Waals surface area contributed by atoms with Gasteiger partial charge in [0.25, 0.3) is 6.02 Å². The zero-order chi connectivity index (χ0) is 22.5. The Balaban J connectivity index is 1.98. The lowest BCUT2D eigenvalue weighted by molar-refractivity contribution is -0.154. The highest BCUT2D eigenvalue weighted by Gasteiger charge is 2.52. The van der Waals surface area contributed by atoms with Gasteiger partial charge in [-0.25, -0.2) is 18.8 Å². The van der Waals surface area contributed by atoms with E-state index in [1.54, 1.807) is 0 Å². The summed E-state index contributed by atoms with van der Waals surface area (Å²) in [5.74, 6) is -2.10. The number of rotatable bonds is 4. The summed E-state index contributed by atoms with van der Waals surface area (Å²) < 4.78 is 79.1. The van der Waals surface area contributed by atoms with E-state index in [-0.39, 0.29) is 28.9 Å². The number of alkyl halides is 4. The van der Waals surface area contributed by atoms with Gasteiger partial charge in [0.2, 0.25) is 5.76 Å². The van der Waals surface area contributed by atoms with Crippen LogP contribution in [0.3, 0.4) is 0 Å². The molecule has 6 nitrogen and oxygen atoms in total. The molecule has 0 amide bonds. The zero-order valence-electron chi connectivity index (χ0n) is 16.7. The maximum absolute atomic E-state index is 15.2. The van der Waals surface area contributed by atoms with Crippen LogP contribution in [0.1, 0.15) is 49.7 Å². The number of aromatic nitrogens is 1. The lowest BCUT2D eigenvalue weighted by Gasteiger charge is -2.41. The first-order valence-electron chi connectivity index (χ1n) is 9.03. The van der Waals surface area contributed by atoms with Crippen LogP contribution in [-0.2, 0) is 16.5 Å². The fraction of sp³-hybridized carbons (Fsp3) is 0.474. The van der Waals surface area contributed by atoms with Gasteiger partial charge in [0.1, 0.15) is 23.7 Å². The topological polar surface area (TPSA) is 85.7 Å². The Kier molecular flexibility index (Phi) is 5.20. The van der Waals surface area contributed by atoms with Crippen LogP contribution in [0.4, 0.5) is 27.6 Å². The standard InChI is InChI=1S/C19H21F5N4O2/c1-9(14-15(19(22,23)24)30-10(2)27-14)26-11-5-6-13(20)12(7-11)18(4)17(3,21)8-29-16(25)28-18/h5-7,9,26H,8H2,1-4H3,(H2,25,28)/t9-,17-,18+/m0/s1. The highest BCUT2D eigenvalue weighted by Crippen LogP contribution is 2.44. The molecule has 3 atom stereocenters. The van der Waals surface area contributed by atoms with Crippen molar-refractivity contribution in [1.82, 2.24) is 4.98 Å². The molecule has 1 aliphatic heterocycles. The van der Waals surface area contributed by atoms with Crippen LogP contribution in [0.15, 0.2) is 27.6 Å². The maximum Gasteiger partial charge on any atom is 0.451 e. The Labute approximate surface area is 169 Å². The van der Waals surface area contributed by atoms with Gasteiger partial charge in [0.05, 0.1) is 6.04 Å². The van der Waals surface area contributed by atoms with Crippen LogP contribution in [0, 0.1) is 12.7 Å². The van der Waals surface area contributed by atoms with Crippen LogP contribution in [0.2, 0.25) is 0 Å². The summed E-state index contributed by atoms with van der Waals surface area (Å²) in [5, 5.41) is 2.82. The SMILES string of the molecule is Cc1nc([C@H](C)Nc2ccc(F)c([C@@]3(C)N=C(N)OC[C@]3(C)F)c2)c(C(F)(F)F)o1. The average Bonchev–Trinajstić information content (AvgIpc) is 3.03. The quantitative estimate of drug-likeness (QED) is 0.690. The number of halogens is 5. The zero-order valence-corrected chi connectivity index (χ0v) is 16.7.